The Morgan fingerprint density at radius 3 is 2.07 bits per heavy atom. The van der Waals surface area contributed by atoms with Crippen molar-refractivity contribution in [3.8, 4) is 0 Å². The third kappa shape index (κ3) is 4.89. The molecule has 0 saturated carbocycles. The highest BCUT2D eigenvalue weighted by atomic mass is 32.2. The van der Waals surface area contributed by atoms with E-state index in [9.17, 15) is 23.3 Å². The van der Waals surface area contributed by atoms with E-state index in [0.717, 1.165) is 0 Å². The van der Waals surface area contributed by atoms with Gasteiger partial charge in [0.25, 0.3) is 5.69 Å². The fraction of sp³-hybridized carbons (Fsp3) is 0.278. The minimum atomic E-state index is -3.56. The summed E-state index contributed by atoms with van der Waals surface area (Å²) >= 11 is 0. The first-order valence-corrected chi connectivity index (χ1v) is 9.85. The van der Waals surface area contributed by atoms with E-state index in [1.54, 1.807) is 13.8 Å². The van der Waals surface area contributed by atoms with Gasteiger partial charge in [0.05, 0.1) is 16.4 Å². The smallest absolute Gasteiger partial charge is 0.269 e. The molecule has 2 rings (SSSR count). The van der Waals surface area contributed by atoms with Crippen molar-refractivity contribution in [2.75, 3.05) is 25.0 Å². The molecule has 1 N–H and O–H groups in total. The molecule has 0 aliphatic rings. The van der Waals surface area contributed by atoms with Gasteiger partial charge in [-0.15, -0.1) is 0 Å². The van der Waals surface area contributed by atoms with Crippen molar-refractivity contribution in [1.82, 2.24) is 4.31 Å². The fourth-order valence-corrected chi connectivity index (χ4v) is 3.97. The summed E-state index contributed by atoms with van der Waals surface area (Å²) in [5, 5.41) is 13.5. The quantitative estimate of drug-likeness (QED) is 0.400. The molecule has 27 heavy (non-hydrogen) atoms. The van der Waals surface area contributed by atoms with Crippen molar-refractivity contribution < 1.29 is 18.1 Å². The number of nitrogens with one attached hydrogen (secondary N) is 1. The normalized spacial score (nSPS) is 11.4. The first kappa shape index (κ1) is 20.5. The van der Waals surface area contributed by atoms with E-state index in [0.29, 0.717) is 24.3 Å². The molecular formula is C18H21N3O5S. The number of hydrogen-bond donors (Lipinski definition) is 1. The Balaban J connectivity index is 2.04. The van der Waals surface area contributed by atoms with Crippen LogP contribution in [-0.4, -0.2) is 43.1 Å². The van der Waals surface area contributed by atoms with Gasteiger partial charge in [0, 0.05) is 36.5 Å². The zero-order valence-corrected chi connectivity index (χ0v) is 15.9. The van der Waals surface area contributed by atoms with Crippen LogP contribution in [0.15, 0.2) is 53.4 Å². The van der Waals surface area contributed by atoms with Crippen molar-refractivity contribution in [2.45, 2.75) is 18.7 Å². The Morgan fingerprint density at radius 2 is 1.59 bits per heavy atom. The van der Waals surface area contributed by atoms with Crippen LogP contribution in [-0.2, 0) is 10.0 Å². The number of Topliss-reactive ketones (excluding diaryl/α,β-unsaturated/α-hetero) is 1. The van der Waals surface area contributed by atoms with Crippen LogP contribution >= 0.6 is 0 Å². The van der Waals surface area contributed by atoms with Gasteiger partial charge >= 0.3 is 0 Å². The lowest BCUT2D eigenvalue weighted by atomic mass is 10.1. The lowest BCUT2D eigenvalue weighted by Gasteiger charge is -2.18. The van der Waals surface area contributed by atoms with Crippen LogP contribution in [0.25, 0.3) is 0 Å². The minimum absolute atomic E-state index is 0.0139. The van der Waals surface area contributed by atoms with E-state index in [-0.39, 0.29) is 22.9 Å². The van der Waals surface area contributed by atoms with E-state index >= 15 is 0 Å². The SMILES string of the molecule is CCN(CC)S(=O)(=O)c1ccc(C(=O)CNc2ccc([N+](=O)[O-])cc2)cc1. The van der Waals surface area contributed by atoms with Crippen LogP contribution in [0.5, 0.6) is 0 Å². The molecule has 2 aromatic rings. The number of non-ortho nitro benzene ring substituents is 1. The molecule has 0 atom stereocenters. The molecule has 144 valence electrons. The number of sulfonamides is 1. The number of carbonyl (C=O) groups is 1. The molecule has 0 aromatic heterocycles. The van der Waals surface area contributed by atoms with Gasteiger partial charge in [0.2, 0.25) is 10.0 Å². The van der Waals surface area contributed by atoms with Gasteiger partial charge < -0.3 is 5.32 Å². The number of ketones is 1. The maximum atomic E-state index is 12.4. The van der Waals surface area contributed by atoms with Crippen LogP contribution in [0, 0.1) is 10.1 Å². The molecule has 0 amide bonds. The fourth-order valence-electron chi connectivity index (χ4n) is 2.51. The number of carbonyl (C=O) groups excluding carboxylic acids is 1. The molecule has 8 nitrogen and oxygen atoms in total. The summed E-state index contributed by atoms with van der Waals surface area (Å²) in [7, 11) is -3.56. The number of nitro benzene ring substituents is 1. The average molecular weight is 391 g/mol. The molecule has 0 aliphatic heterocycles. The van der Waals surface area contributed by atoms with Gasteiger partial charge in [-0.2, -0.15) is 4.31 Å². The van der Waals surface area contributed by atoms with Gasteiger partial charge in [-0.1, -0.05) is 13.8 Å². The first-order chi connectivity index (χ1) is 12.8. The molecule has 0 fully saturated rings. The maximum Gasteiger partial charge on any atom is 0.269 e. The van der Waals surface area contributed by atoms with E-state index < -0.39 is 14.9 Å². The van der Waals surface area contributed by atoms with Crippen molar-refractivity contribution in [3.05, 3.63) is 64.2 Å². The summed E-state index contributed by atoms with van der Waals surface area (Å²) < 4.78 is 26.2. The summed E-state index contributed by atoms with van der Waals surface area (Å²) in [5.74, 6) is -0.222. The minimum Gasteiger partial charge on any atom is -0.378 e. The second-order valence-electron chi connectivity index (χ2n) is 5.69. The molecule has 0 spiro atoms. The van der Waals surface area contributed by atoms with Crippen molar-refractivity contribution in [2.24, 2.45) is 0 Å². The van der Waals surface area contributed by atoms with E-state index in [2.05, 4.69) is 5.32 Å². The number of hydrogen-bond acceptors (Lipinski definition) is 6. The zero-order chi connectivity index (χ0) is 20.0. The standard InChI is InChI=1S/C18H21N3O5S/c1-3-20(4-2)27(25,26)17-11-5-14(6-12-17)18(22)13-19-15-7-9-16(10-8-15)21(23)24/h5-12,19H,3-4,13H2,1-2H3. The Morgan fingerprint density at radius 1 is 1.04 bits per heavy atom. The van der Waals surface area contributed by atoms with Crippen molar-refractivity contribution in [1.29, 1.82) is 0 Å². The maximum absolute atomic E-state index is 12.4. The van der Waals surface area contributed by atoms with Crippen LogP contribution in [0.1, 0.15) is 24.2 Å². The van der Waals surface area contributed by atoms with Crippen LogP contribution < -0.4 is 5.32 Å². The molecular weight excluding hydrogens is 370 g/mol. The molecule has 9 heteroatoms. The third-order valence-electron chi connectivity index (χ3n) is 4.05. The van der Waals surface area contributed by atoms with Gasteiger partial charge in [-0.3, -0.25) is 14.9 Å². The van der Waals surface area contributed by atoms with E-state index in [1.807, 2.05) is 0 Å². The summed E-state index contributed by atoms with van der Waals surface area (Å²) in [6.07, 6.45) is 0. The van der Waals surface area contributed by atoms with Gasteiger partial charge in [-0.25, -0.2) is 8.42 Å². The second kappa shape index (κ2) is 8.74. The topological polar surface area (TPSA) is 110 Å². The highest BCUT2D eigenvalue weighted by Crippen LogP contribution is 2.18. The highest BCUT2D eigenvalue weighted by molar-refractivity contribution is 7.89. The summed E-state index contributed by atoms with van der Waals surface area (Å²) in [6, 6.07) is 11.5. The lowest BCUT2D eigenvalue weighted by molar-refractivity contribution is -0.384. The van der Waals surface area contributed by atoms with Crippen molar-refractivity contribution in [3.63, 3.8) is 0 Å². The molecule has 0 aliphatic carbocycles. The monoisotopic (exact) mass is 391 g/mol. The predicted molar refractivity (Wildman–Crippen MR) is 102 cm³/mol. The molecule has 0 saturated heterocycles. The van der Waals surface area contributed by atoms with E-state index in [1.165, 1.54) is 52.8 Å². The summed E-state index contributed by atoms with van der Waals surface area (Å²) in [5.41, 5.74) is 0.925. The van der Waals surface area contributed by atoms with Gasteiger partial charge in [0.1, 0.15) is 0 Å². The number of anilines is 1. The van der Waals surface area contributed by atoms with Gasteiger partial charge in [-0.05, 0) is 36.4 Å². The number of nitrogens with zero attached hydrogens (tertiary/aromatic N) is 2. The van der Waals surface area contributed by atoms with Crippen LogP contribution in [0.2, 0.25) is 0 Å². The summed E-state index contributed by atoms with van der Waals surface area (Å²) in [4.78, 5) is 22.5. The zero-order valence-electron chi connectivity index (χ0n) is 15.1. The Labute approximate surface area is 158 Å². The Bertz CT molecular complexity index is 905. The van der Waals surface area contributed by atoms with Crippen LogP contribution in [0.3, 0.4) is 0 Å². The largest absolute Gasteiger partial charge is 0.378 e. The average Bonchev–Trinajstić information content (AvgIpc) is 2.67. The highest BCUT2D eigenvalue weighted by Gasteiger charge is 2.21. The third-order valence-corrected chi connectivity index (χ3v) is 6.11. The predicted octanol–water partition coefficient (Wildman–Crippen LogP) is 2.92. The summed E-state index contributed by atoms with van der Waals surface area (Å²) in [6.45, 7) is 4.27. The molecule has 2 aromatic carbocycles. The van der Waals surface area contributed by atoms with Crippen molar-refractivity contribution >= 4 is 27.2 Å². The first-order valence-electron chi connectivity index (χ1n) is 8.41. The molecule has 0 heterocycles. The molecule has 0 radical (unpaired) electrons. The number of rotatable bonds is 9. The Kier molecular flexibility index (Phi) is 6.65. The second-order valence-corrected chi connectivity index (χ2v) is 7.63. The van der Waals surface area contributed by atoms with E-state index in [4.69, 9.17) is 0 Å². The molecule has 0 bridgehead atoms. The Hall–Kier alpha value is -2.78. The number of nitro groups is 1. The van der Waals surface area contributed by atoms with Crippen LogP contribution in [0.4, 0.5) is 11.4 Å². The van der Waals surface area contributed by atoms with Gasteiger partial charge in [0.15, 0.2) is 5.78 Å². The lowest BCUT2D eigenvalue weighted by Crippen LogP contribution is -2.30. The number of benzene rings is 2. The molecule has 0 unspecified atom stereocenters.